The van der Waals surface area contributed by atoms with E-state index in [1.807, 2.05) is 11.0 Å². The molecule has 0 bridgehead atoms. The predicted octanol–water partition coefficient (Wildman–Crippen LogP) is 3.60. The molecular weight excluding hydrogens is 461 g/mol. The van der Waals surface area contributed by atoms with E-state index in [2.05, 4.69) is 32.7 Å². The Morgan fingerprint density at radius 1 is 1.19 bits per heavy atom. The lowest BCUT2D eigenvalue weighted by atomic mass is 9.76. The van der Waals surface area contributed by atoms with Crippen molar-refractivity contribution < 1.29 is 18.7 Å². The lowest BCUT2D eigenvalue weighted by molar-refractivity contribution is 0.0753. The van der Waals surface area contributed by atoms with Gasteiger partial charge in [-0.25, -0.2) is 9.18 Å². The summed E-state index contributed by atoms with van der Waals surface area (Å²) in [5.41, 5.74) is 2.23. The van der Waals surface area contributed by atoms with Crippen molar-refractivity contribution in [3.8, 4) is 5.88 Å². The first-order chi connectivity index (χ1) is 17.5. The van der Waals surface area contributed by atoms with Crippen LogP contribution in [0.3, 0.4) is 0 Å². The first-order valence-corrected chi connectivity index (χ1v) is 12.6. The summed E-state index contributed by atoms with van der Waals surface area (Å²) >= 11 is 0. The number of halogens is 1. The highest BCUT2D eigenvalue weighted by Gasteiger charge is 2.44. The fourth-order valence-corrected chi connectivity index (χ4v) is 6.20. The van der Waals surface area contributed by atoms with Crippen LogP contribution < -0.4 is 20.3 Å². The van der Waals surface area contributed by atoms with Gasteiger partial charge in [0.25, 0.3) is 5.91 Å². The average molecular weight is 492 g/mol. The molecule has 1 aromatic rings. The number of methoxy groups -OCH3 is 1. The number of piperidine rings is 1. The highest BCUT2D eigenvalue weighted by atomic mass is 19.1. The van der Waals surface area contributed by atoms with Crippen molar-refractivity contribution in [3.05, 3.63) is 65.2 Å². The Morgan fingerprint density at radius 2 is 2.00 bits per heavy atom. The monoisotopic (exact) mass is 491 g/mol. The van der Waals surface area contributed by atoms with Crippen LogP contribution in [-0.2, 0) is 0 Å². The van der Waals surface area contributed by atoms with Gasteiger partial charge in [0, 0.05) is 42.9 Å². The Morgan fingerprint density at radius 3 is 2.81 bits per heavy atom. The van der Waals surface area contributed by atoms with Crippen molar-refractivity contribution in [2.24, 2.45) is 5.92 Å². The van der Waals surface area contributed by atoms with Gasteiger partial charge in [0.15, 0.2) is 0 Å². The Bertz CT molecular complexity index is 1230. The molecule has 2 N–H and O–H groups in total. The quantitative estimate of drug-likeness (QED) is 0.675. The maximum atomic E-state index is 13.7. The number of allylic oxidation sites excluding steroid dienone is 4. The minimum Gasteiger partial charge on any atom is -0.481 e. The molecule has 5 aliphatic rings. The molecule has 188 valence electrons. The molecule has 6 rings (SSSR count). The molecule has 36 heavy (non-hydrogen) atoms. The van der Waals surface area contributed by atoms with E-state index in [-0.39, 0.29) is 35.3 Å². The summed E-state index contributed by atoms with van der Waals surface area (Å²) in [6.45, 7) is 1.94. The van der Waals surface area contributed by atoms with Crippen LogP contribution in [0.5, 0.6) is 5.88 Å². The molecule has 0 radical (unpaired) electrons. The van der Waals surface area contributed by atoms with Gasteiger partial charge in [-0.2, -0.15) is 4.98 Å². The van der Waals surface area contributed by atoms with Gasteiger partial charge in [0.1, 0.15) is 11.6 Å². The van der Waals surface area contributed by atoms with Gasteiger partial charge >= 0.3 is 6.03 Å². The van der Waals surface area contributed by atoms with E-state index in [4.69, 9.17) is 4.74 Å². The summed E-state index contributed by atoms with van der Waals surface area (Å²) in [4.78, 5) is 34.5. The molecule has 2 atom stereocenters. The average Bonchev–Trinajstić information content (AvgIpc) is 3.31. The molecule has 0 saturated carbocycles. The van der Waals surface area contributed by atoms with E-state index < -0.39 is 0 Å². The molecule has 3 aliphatic heterocycles. The van der Waals surface area contributed by atoms with E-state index in [0.29, 0.717) is 36.9 Å². The fraction of sp³-hybridized carbons (Fsp3) is 0.444. The summed E-state index contributed by atoms with van der Waals surface area (Å²) in [6, 6.07) is 3.20. The topological polar surface area (TPSA) is 86.8 Å². The molecule has 4 heterocycles. The van der Waals surface area contributed by atoms with Crippen LogP contribution in [0.25, 0.3) is 0 Å². The van der Waals surface area contributed by atoms with Crippen LogP contribution in [0.4, 0.5) is 15.0 Å². The van der Waals surface area contributed by atoms with Gasteiger partial charge in [-0.3, -0.25) is 4.79 Å². The van der Waals surface area contributed by atoms with Gasteiger partial charge < -0.3 is 25.2 Å². The highest BCUT2D eigenvalue weighted by molar-refractivity contribution is 5.96. The second kappa shape index (κ2) is 8.80. The van der Waals surface area contributed by atoms with E-state index >= 15 is 0 Å². The zero-order valence-corrected chi connectivity index (χ0v) is 20.3. The Balaban J connectivity index is 1.23. The summed E-state index contributed by atoms with van der Waals surface area (Å²) < 4.78 is 19.1. The van der Waals surface area contributed by atoms with Crippen LogP contribution in [0.1, 0.15) is 42.5 Å². The summed E-state index contributed by atoms with van der Waals surface area (Å²) in [6.07, 6.45) is 13.3. The van der Waals surface area contributed by atoms with Crippen molar-refractivity contribution in [1.29, 1.82) is 0 Å². The number of anilines is 1. The molecule has 8 nitrogen and oxygen atoms in total. The third kappa shape index (κ3) is 3.86. The molecule has 3 amide bonds. The number of nitrogens with one attached hydrogen (secondary N) is 2. The number of urea groups is 1. The highest BCUT2D eigenvalue weighted by Crippen LogP contribution is 2.39. The Kier molecular flexibility index (Phi) is 5.58. The van der Waals surface area contributed by atoms with Gasteiger partial charge in [-0.05, 0) is 55.9 Å². The van der Waals surface area contributed by atoms with E-state index in [1.165, 1.54) is 11.6 Å². The standard InChI is InChI=1S/C27H30FN5O3/c1-36-24-16-18(25(34)33-11-8-17-14-19(28)6-7-22(17)33)15-23(30-24)32-12-9-27(10-13-32)20-4-2-3-5-21(20)29-26(35)31-27/h4-7,14-17,22H,2-3,8-13H2,1H3,(H2,29,31,35). The molecule has 2 unspecified atom stereocenters. The third-order valence-electron chi connectivity index (χ3n) is 8.04. The number of carbonyl (C=O) groups is 2. The molecule has 1 spiro atoms. The molecule has 2 aliphatic carbocycles. The number of ether oxygens (including phenoxy) is 1. The normalized spacial score (nSPS) is 26.3. The number of pyridine rings is 1. The summed E-state index contributed by atoms with van der Waals surface area (Å²) in [7, 11) is 1.54. The van der Waals surface area contributed by atoms with Crippen LogP contribution in [0.15, 0.2) is 59.6 Å². The second-order valence-electron chi connectivity index (χ2n) is 10.1. The number of nitrogens with zero attached hydrogens (tertiary/aromatic N) is 3. The molecule has 3 fully saturated rings. The zero-order chi connectivity index (χ0) is 24.9. The summed E-state index contributed by atoms with van der Waals surface area (Å²) in [5.74, 6) is 0.729. The largest absolute Gasteiger partial charge is 0.481 e. The molecule has 1 aromatic heterocycles. The van der Waals surface area contributed by atoms with Gasteiger partial charge in [-0.1, -0.05) is 18.2 Å². The number of rotatable bonds is 3. The second-order valence-corrected chi connectivity index (χ2v) is 10.1. The van der Waals surface area contributed by atoms with Gasteiger partial charge in [0.05, 0.1) is 18.7 Å². The van der Waals surface area contributed by atoms with Crippen molar-refractivity contribution in [2.75, 3.05) is 31.6 Å². The van der Waals surface area contributed by atoms with Crippen molar-refractivity contribution >= 4 is 17.8 Å². The van der Waals surface area contributed by atoms with Gasteiger partial charge in [0.2, 0.25) is 5.88 Å². The molecule has 3 saturated heterocycles. The lowest BCUT2D eigenvalue weighted by Gasteiger charge is -2.47. The van der Waals surface area contributed by atoms with E-state index in [1.54, 1.807) is 25.3 Å². The van der Waals surface area contributed by atoms with Gasteiger partial charge in [-0.15, -0.1) is 0 Å². The number of fused-ring (bicyclic) bond motifs is 3. The van der Waals surface area contributed by atoms with Crippen LogP contribution >= 0.6 is 0 Å². The maximum Gasteiger partial charge on any atom is 0.319 e. The van der Waals surface area contributed by atoms with Crippen LogP contribution in [0.2, 0.25) is 0 Å². The molecule has 0 aromatic carbocycles. The SMILES string of the molecule is COc1cc(C(=O)N2CCC3C=C(F)C=CC32)cc(N2CCC3(CC2)NC(=O)NC2=CCCC=C23)n1. The van der Waals surface area contributed by atoms with E-state index in [9.17, 15) is 14.0 Å². The molecule has 9 heteroatoms. The predicted molar refractivity (Wildman–Crippen MR) is 133 cm³/mol. The number of aromatic nitrogens is 1. The number of amides is 3. The van der Waals surface area contributed by atoms with Crippen molar-refractivity contribution in [2.45, 2.75) is 43.7 Å². The first-order valence-electron chi connectivity index (χ1n) is 12.6. The van der Waals surface area contributed by atoms with E-state index in [0.717, 1.165) is 37.8 Å². The smallest absolute Gasteiger partial charge is 0.319 e. The minimum atomic E-state index is -0.386. The number of carbonyl (C=O) groups excluding carboxylic acids is 2. The van der Waals surface area contributed by atoms with Crippen molar-refractivity contribution in [1.82, 2.24) is 20.5 Å². The third-order valence-corrected chi connectivity index (χ3v) is 8.04. The maximum absolute atomic E-state index is 13.7. The number of likely N-dealkylation sites (tertiary alicyclic amines) is 1. The Hall–Kier alpha value is -3.62. The Labute approximate surface area is 209 Å². The number of hydrogen-bond donors (Lipinski definition) is 2. The zero-order valence-electron chi connectivity index (χ0n) is 20.3. The lowest BCUT2D eigenvalue weighted by Crippen LogP contribution is -2.63. The van der Waals surface area contributed by atoms with Crippen LogP contribution in [0, 0.1) is 5.92 Å². The minimum absolute atomic E-state index is 0.00802. The first kappa shape index (κ1) is 22.8. The molecular formula is C27H30FN5O3. The van der Waals surface area contributed by atoms with Crippen LogP contribution in [-0.4, -0.2) is 60.1 Å². The number of hydrogen-bond acceptors (Lipinski definition) is 5. The summed E-state index contributed by atoms with van der Waals surface area (Å²) in [5, 5.41) is 6.14. The van der Waals surface area contributed by atoms with Crippen molar-refractivity contribution in [3.63, 3.8) is 0 Å². The fourth-order valence-electron chi connectivity index (χ4n) is 6.20.